The zero-order valence-electron chi connectivity index (χ0n) is 10.5. The average Bonchev–Trinajstić information content (AvgIpc) is 2.33. The second kappa shape index (κ2) is 6.21. The predicted molar refractivity (Wildman–Crippen MR) is 71.9 cm³/mol. The molecule has 0 bridgehead atoms. The van der Waals surface area contributed by atoms with Gasteiger partial charge in [0, 0.05) is 17.6 Å². The smallest absolute Gasteiger partial charge is 0.314 e. The van der Waals surface area contributed by atoms with Gasteiger partial charge in [-0.2, -0.15) is 0 Å². The Morgan fingerprint density at radius 2 is 2.22 bits per heavy atom. The molecule has 1 saturated carbocycles. The molecule has 1 aliphatic carbocycles. The molecule has 1 unspecified atom stereocenters. The Balaban J connectivity index is 2.08. The molecule has 4 heteroatoms. The van der Waals surface area contributed by atoms with Gasteiger partial charge in [0.25, 0.3) is 0 Å². The van der Waals surface area contributed by atoms with Crippen molar-refractivity contribution < 1.29 is 9.53 Å². The van der Waals surface area contributed by atoms with Gasteiger partial charge in [0.15, 0.2) is 0 Å². The van der Waals surface area contributed by atoms with E-state index >= 15 is 0 Å². The third kappa shape index (κ3) is 3.03. The van der Waals surface area contributed by atoms with Gasteiger partial charge in [-0.25, -0.2) is 0 Å². The molecular weight excluding hydrogens is 250 g/mol. The van der Waals surface area contributed by atoms with Crippen LogP contribution in [0, 0.1) is 0 Å². The van der Waals surface area contributed by atoms with Gasteiger partial charge in [-0.1, -0.05) is 36.2 Å². The van der Waals surface area contributed by atoms with Crippen LogP contribution in [0.3, 0.4) is 0 Å². The normalized spacial score (nSPS) is 17.0. The molecule has 0 amide bonds. The van der Waals surface area contributed by atoms with Crippen LogP contribution >= 0.6 is 11.6 Å². The molecule has 0 spiro atoms. The van der Waals surface area contributed by atoms with Crippen LogP contribution in [0.5, 0.6) is 0 Å². The predicted octanol–water partition coefficient (Wildman–Crippen LogP) is 2.74. The lowest BCUT2D eigenvalue weighted by atomic mass is 9.91. The van der Waals surface area contributed by atoms with Crippen molar-refractivity contribution in [1.82, 2.24) is 5.32 Å². The zero-order valence-corrected chi connectivity index (χ0v) is 11.2. The second-order valence-corrected chi connectivity index (χ2v) is 5.04. The molecule has 0 heterocycles. The highest BCUT2D eigenvalue weighted by atomic mass is 35.5. The van der Waals surface area contributed by atoms with E-state index in [1.807, 2.05) is 18.2 Å². The fourth-order valence-corrected chi connectivity index (χ4v) is 2.38. The minimum absolute atomic E-state index is 0.241. The molecule has 1 fully saturated rings. The molecule has 2 rings (SSSR count). The van der Waals surface area contributed by atoms with Gasteiger partial charge in [0.1, 0.15) is 0 Å². The van der Waals surface area contributed by atoms with E-state index in [9.17, 15) is 4.79 Å². The summed E-state index contributed by atoms with van der Waals surface area (Å²) in [6.45, 7) is 0.584. The molecule has 0 aliphatic heterocycles. The standard InChI is InChI=1S/C14H18ClNO2/c1-18-14(17)12(9-16-10-5-4-6-10)11-7-2-3-8-13(11)15/h2-3,7-8,10,12,16H,4-6,9H2,1H3. The maximum Gasteiger partial charge on any atom is 0.314 e. The van der Waals surface area contributed by atoms with Gasteiger partial charge in [-0.3, -0.25) is 4.79 Å². The van der Waals surface area contributed by atoms with E-state index in [0.717, 1.165) is 5.56 Å². The van der Waals surface area contributed by atoms with E-state index in [0.29, 0.717) is 17.6 Å². The first-order chi connectivity index (χ1) is 8.72. The summed E-state index contributed by atoms with van der Waals surface area (Å²) in [5.74, 6) is -0.570. The number of rotatable bonds is 5. The summed E-state index contributed by atoms with van der Waals surface area (Å²) in [6.07, 6.45) is 3.65. The second-order valence-electron chi connectivity index (χ2n) is 4.63. The number of hydrogen-bond acceptors (Lipinski definition) is 3. The SMILES string of the molecule is COC(=O)C(CNC1CCC1)c1ccccc1Cl. The summed E-state index contributed by atoms with van der Waals surface area (Å²) in [5.41, 5.74) is 0.831. The summed E-state index contributed by atoms with van der Waals surface area (Å²) >= 11 is 6.15. The Labute approximate surface area is 112 Å². The molecule has 0 radical (unpaired) electrons. The first kappa shape index (κ1) is 13.4. The summed E-state index contributed by atoms with van der Waals surface area (Å²) in [5, 5.41) is 4.01. The van der Waals surface area contributed by atoms with Crippen LogP contribution in [0.4, 0.5) is 0 Å². The number of esters is 1. The van der Waals surface area contributed by atoms with Crippen LogP contribution in [-0.4, -0.2) is 25.7 Å². The Morgan fingerprint density at radius 1 is 1.50 bits per heavy atom. The van der Waals surface area contributed by atoms with Gasteiger partial charge < -0.3 is 10.1 Å². The van der Waals surface area contributed by atoms with Crippen molar-refractivity contribution in [2.75, 3.05) is 13.7 Å². The molecule has 18 heavy (non-hydrogen) atoms. The fraction of sp³-hybridized carbons (Fsp3) is 0.500. The lowest BCUT2D eigenvalue weighted by Gasteiger charge is -2.28. The highest BCUT2D eigenvalue weighted by molar-refractivity contribution is 6.31. The maximum atomic E-state index is 11.9. The van der Waals surface area contributed by atoms with Crippen molar-refractivity contribution in [2.24, 2.45) is 0 Å². The first-order valence-electron chi connectivity index (χ1n) is 6.28. The molecular formula is C14H18ClNO2. The summed E-state index contributed by atoms with van der Waals surface area (Å²) in [4.78, 5) is 11.9. The van der Waals surface area contributed by atoms with Crippen LogP contribution in [0.1, 0.15) is 30.7 Å². The third-order valence-corrected chi connectivity index (χ3v) is 3.83. The number of halogens is 1. The molecule has 0 saturated heterocycles. The number of methoxy groups -OCH3 is 1. The van der Waals surface area contributed by atoms with Gasteiger partial charge in [-0.05, 0) is 24.5 Å². The van der Waals surface area contributed by atoms with Crippen molar-refractivity contribution >= 4 is 17.6 Å². The van der Waals surface area contributed by atoms with Crippen molar-refractivity contribution in [1.29, 1.82) is 0 Å². The Kier molecular flexibility index (Phi) is 4.61. The van der Waals surface area contributed by atoms with E-state index in [-0.39, 0.29) is 11.9 Å². The van der Waals surface area contributed by atoms with Crippen LogP contribution in [0.15, 0.2) is 24.3 Å². The number of hydrogen-bond donors (Lipinski definition) is 1. The van der Waals surface area contributed by atoms with Crippen LogP contribution in [0.2, 0.25) is 5.02 Å². The highest BCUT2D eigenvalue weighted by Gasteiger charge is 2.26. The van der Waals surface area contributed by atoms with Crippen molar-refractivity contribution in [3.63, 3.8) is 0 Å². The highest BCUT2D eigenvalue weighted by Crippen LogP contribution is 2.26. The number of carbonyl (C=O) groups is 1. The number of nitrogens with one attached hydrogen (secondary N) is 1. The summed E-state index contributed by atoms with van der Waals surface area (Å²) < 4.78 is 4.87. The Hall–Kier alpha value is -1.06. The monoisotopic (exact) mass is 267 g/mol. The zero-order chi connectivity index (χ0) is 13.0. The molecule has 1 aromatic rings. The Morgan fingerprint density at radius 3 is 2.78 bits per heavy atom. The van der Waals surface area contributed by atoms with E-state index in [2.05, 4.69) is 5.32 Å². The lowest BCUT2D eigenvalue weighted by Crippen LogP contribution is -2.39. The van der Waals surface area contributed by atoms with Gasteiger partial charge in [-0.15, -0.1) is 0 Å². The molecule has 1 N–H and O–H groups in total. The van der Waals surface area contributed by atoms with Crippen molar-refractivity contribution in [3.05, 3.63) is 34.9 Å². The minimum atomic E-state index is -0.329. The Bertz CT molecular complexity index is 418. The van der Waals surface area contributed by atoms with Crippen molar-refractivity contribution in [2.45, 2.75) is 31.2 Å². The summed E-state index contributed by atoms with van der Waals surface area (Å²) in [7, 11) is 1.41. The van der Waals surface area contributed by atoms with E-state index in [4.69, 9.17) is 16.3 Å². The number of benzene rings is 1. The molecule has 1 aliphatic rings. The minimum Gasteiger partial charge on any atom is -0.469 e. The molecule has 98 valence electrons. The molecule has 1 atom stereocenters. The van der Waals surface area contributed by atoms with E-state index in [1.54, 1.807) is 6.07 Å². The average molecular weight is 268 g/mol. The summed E-state index contributed by atoms with van der Waals surface area (Å²) in [6, 6.07) is 7.97. The van der Waals surface area contributed by atoms with E-state index in [1.165, 1.54) is 26.4 Å². The van der Waals surface area contributed by atoms with Crippen molar-refractivity contribution in [3.8, 4) is 0 Å². The lowest BCUT2D eigenvalue weighted by molar-refractivity contribution is -0.142. The topological polar surface area (TPSA) is 38.3 Å². The molecule has 1 aromatic carbocycles. The third-order valence-electron chi connectivity index (χ3n) is 3.48. The molecule has 3 nitrogen and oxygen atoms in total. The number of ether oxygens (including phenoxy) is 1. The first-order valence-corrected chi connectivity index (χ1v) is 6.66. The molecule has 0 aromatic heterocycles. The van der Waals surface area contributed by atoms with Crippen LogP contribution in [0.25, 0.3) is 0 Å². The van der Waals surface area contributed by atoms with Crippen LogP contribution < -0.4 is 5.32 Å². The number of carbonyl (C=O) groups excluding carboxylic acids is 1. The van der Waals surface area contributed by atoms with E-state index < -0.39 is 0 Å². The van der Waals surface area contributed by atoms with Gasteiger partial charge >= 0.3 is 5.97 Å². The van der Waals surface area contributed by atoms with Gasteiger partial charge in [0.2, 0.25) is 0 Å². The quantitative estimate of drug-likeness (QED) is 0.834. The largest absolute Gasteiger partial charge is 0.469 e. The van der Waals surface area contributed by atoms with Gasteiger partial charge in [0.05, 0.1) is 13.0 Å². The maximum absolute atomic E-state index is 11.9. The van der Waals surface area contributed by atoms with Crippen LogP contribution in [-0.2, 0) is 9.53 Å². The fourth-order valence-electron chi connectivity index (χ4n) is 2.12.